The topological polar surface area (TPSA) is 84.0 Å². The summed E-state index contributed by atoms with van der Waals surface area (Å²) < 4.78 is 31.9. The number of benzene rings is 2. The Morgan fingerprint density at radius 1 is 1.03 bits per heavy atom. The van der Waals surface area contributed by atoms with Crippen LogP contribution in [0, 0.1) is 5.92 Å². The van der Waals surface area contributed by atoms with Crippen molar-refractivity contribution < 1.29 is 22.7 Å². The lowest BCUT2D eigenvalue weighted by Gasteiger charge is -2.22. The molecule has 0 heterocycles. The van der Waals surface area contributed by atoms with E-state index in [1.54, 1.807) is 31.2 Å². The molecule has 7 nitrogen and oxygen atoms in total. The van der Waals surface area contributed by atoms with Gasteiger partial charge in [0, 0.05) is 19.2 Å². The molecule has 1 aliphatic rings. The minimum absolute atomic E-state index is 0.0875. The molecule has 1 saturated carbocycles. The molecule has 1 fully saturated rings. The molecule has 8 heteroatoms. The number of ether oxygens (including phenoxy) is 1. The lowest BCUT2D eigenvalue weighted by Crippen LogP contribution is -2.38. The molecular formula is C22H26N2O5S. The predicted octanol–water partition coefficient (Wildman–Crippen LogP) is 2.93. The zero-order chi connectivity index (χ0) is 21.7. The largest absolute Gasteiger partial charge is 0.465 e. The van der Waals surface area contributed by atoms with Crippen LogP contribution < -0.4 is 4.31 Å². The van der Waals surface area contributed by atoms with Crippen LogP contribution in [0.2, 0.25) is 0 Å². The highest BCUT2D eigenvalue weighted by atomic mass is 32.2. The summed E-state index contributed by atoms with van der Waals surface area (Å²) in [5.74, 6) is -0.354. The van der Waals surface area contributed by atoms with Crippen LogP contribution in [0.25, 0.3) is 0 Å². The molecule has 1 amide bonds. The zero-order valence-electron chi connectivity index (χ0n) is 17.2. The standard InChI is InChI=1S/C22H26N2O5S/c1-3-29-21(25)16-24(15-17-9-10-17)22(26)18-11-13-20(14-12-18)30(27,28)23(2)19-7-5-4-6-8-19/h4-8,11-14,17H,3,9-10,15-16H2,1-2H3. The van der Waals surface area contributed by atoms with Crippen molar-refractivity contribution >= 4 is 27.6 Å². The molecule has 30 heavy (non-hydrogen) atoms. The molecule has 160 valence electrons. The van der Waals surface area contributed by atoms with Crippen molar-refractivity contribution in [2.75, 3.05) is 31.0 Å². The number of hydrogen-bond donors (Lipinski definition) is 0. The second kappa shape index (κ2) is 9.30. The van der Waals surface area contributed by atoms with Gasteiger partial charge in [-0.15, -0.1) is 0 Å². The number of hydrogen-bond acceptors (Lipinski definition) is 5. The molecule has 0 saturated heterocycles. The molecule has 0 bridgehead atoms. The van der Waals surface area contributed by atoms with E-state index in [0.29, 0.717) is 23.7 Å². The number of para-hydroxylation sites is 1. The maximum atomic E-state index is 12.9. The Morgan fingerprint density at radius 2 is 1.67 bits per heavy atom. The number of nitrogens with zero attached hydrogens (tertiary/aromatic N) is 2. The second-order valence-electron chi connectivity index (χ2n) is 7.27. The third kappa shape index (κ3) is 5.18. The first-order chi connectivity index (χ1) is 14.3. The van der Waals surface area contributed by atoms with Crippen molar-refractivity contribution in [2.24, 2.45) is 5.92 Å². The summed E-state index contributed by atoms with van der Waals surface area (Å²) in [4.78, 5) is 26.4. The van der Waals surface area contributed by atoms with Crippen LogP contribution in [0.5, 0.6) is 0 Å². The van der Waals surface area contributed by atoms with Crippen molar-refractivity contribution in [2.45, 2.75) is 24.7 Å². The van der Waals surface area contributed by atoms with Crippen LogP contribution in [-0.2, 0) is 19.6 Å². The number of sulfonamides is 1. The monoisotopic (exact) mass is 430 g/mol. The summed E-state index contributed by atoms with van der Waals surface area (Å²) in [7, 11) is -2.27. The van der Waals surface area contributed by atoms with Gasteiger partial charge in [0.1, 0.15) is 6.54 Å². The van der Waals surface area contributed by atoms with E-state index in [9.17, 15) is 18.0 Å². The predicted molar refractivity (Wildman–Crippen MR) is 114 cm³/mol. The van der Waals surface area contributed by atoms with Crippen molar-refractivity contribution in [3.8, 4) is 0 Å². The van der Waals surface area contributed by atoms with E-state index < -0.39 is 16.0 Å². The molecule has 1 aliphatic carbocycles. The molecular weight excluding hydrogens is 404 g/mol. The molecule has 0 aliphatic heterocycles. The van der Waals surface area contributed by atoms with Crippen molar-refractivity contribution in [1.82, 2.24) is 4.90 Å². The van der Waals surface area contributed by atoms with Gasteiger partial charge in [0.15, 0.2) is 0 Å². The van der Waals surface area contributed by atoms with Crippen molar-refractivity contribution in [3.05, 3.63) is 60.2 Å². The summed E-state index contributed by atoms with van der Waals surface area (Å²) >= 11 is 0. The van der Waals surface area contributed by atoms with Gasteiger partial charge in [-0.25, -0.2) is 8.42 Å². The normalized spacial score (nSPS) is 13.5. The van der Waals surface area contributed by atoms with Gasteiger partial charge in [-0.05, 0) is 62.1 Å². The Morgan fingerprint density at radius 3 is 2.23 bits per heavy atom. The van der Waals surface area contributed by atoms with Crippen LogP contribution in [0.15, 0.2) is 59.5 Å². The van der Waals surface area contributed by atoms with Gasteiger partial charge >= 0.3 is 5.97 Å². The van der Waals surface area contributed by atoms with Crippen LogP contribution in [0.1, 0.15) is 30.1 Å². The third-order valence-corrected chi connectivity index (χ3v) is 6.77. The first kappa shape index (κ1) is 21.8. The van der Waals surface area contributed by atoms with Gasteiger partial charge < -0.3 is 9.64 Å². The SMILES string of the molecule is CCOC(=O)CN(CC1CC1)C(=O)c1ccc(S(=O)(=O)N(C)c2ccccc2)cc1. The number of carbonyl (C=O) groups excluding carboxylic acids is 2. The second-order valence-corrected chi connectivity index (χ2v) is 9.24. The highest BCUT2D eigenvalue weighted by molar-refractivity contribution is 7.92. The lowest BCUT2D eigenvalue weighted by atomic mass is 10.2. The first-order valence-electron chi connectivity index (χ1n) is 9.92. The van der Waals surface area contributed by atoms with Gasteiger partial charge in [0.25, 0.3) is 15.9 Å². The summed E-state index contributed by atoms with van der Waals surface area (Å²) in [5.41, 5.74) is 0.879. The van der Waals surface area contributed by atoms with E-state index in [-0.39, 0.29) is 24.0 Å². The van der Waals surface area contributed by atoms with Gasteiger partial charge in [-0.1, -0.05) is 18.2 Å². The number of anilines is 1. The molecule has 0 unspecified atom stereocenters. The highest BCUT2D eigenvalue weighted by Gasteiger charge is 2.29. The molecule has 0 spiro atoms. The van der Waals surface area contributed by atoms with Gasteiger partial charge in [0.2, 0.25) is 0 Å². The van der Waals surface area contributed by atoms with Crippen molar-refractivity contribution in [1.29, 1.82) is 0 Å². The van der Waals surface area contributed by atoms with E-state index in [1.807, 2.05) is 6.07 Å². The van der Waals surface area contributed by atoms with E-state index >= 15 is 0 Å². The molecule has 2 aromatic carbocycles. The smallest absolute Gasteiger partial charge is 0.325 e. The van der Waals surface area contributed by atoms with Crippen LogP contribution >= 0.6 is 0 Å². The Kier molecular flexibility index (Phi) is 6.77. The van der Waals surface area contributed by atoms with E-state index in [0.717, 1.165) is 12.8 Å². The molecule has 0 N–H and O–H groups in total. The van der Waals surface area contributed by atoms with Gasteiger partial charge in [-0.3, -0.25) is 13.9 Å². The Labute approximate surface area is 177 Å². The minimum atomic E-state index is -3.76. The summed E-state index contributed by atoms with van der Waals surface area (Å²) in [6, 6.07) is 14.6. The fourth-order valence-corrected chi connectivity index (χ4v) is 4.28. The Balaban J connectivity index is 1.77. The molecule has 0 radical (unpaired) electrons. The maximum Gasteiger partial charge on any atom is 0.325 e. The van der Waals surface area contributed by atoms with Gasteiger partial charge in [0.05, 0.1) is 17.2 Å². The number of rotatable bonds is 9. The summed E-state index contributed by atoms with van der Waals surface area (Å²) in [6.07, 6.45) is 2.07. The van der Waals surface area contributed by atoms with Crippen LogP contribution in [0.4, 0.5) is 5.69 Å². The molecule has 0 atom stereocenters. The molecule has 2 aromatic rings. The minimum Gasteiger partial charge on any atom is -0.465 e. The number of esters is 1. The Bertz CT molecular complexity index is 986. The summed E-state index contributed by atoms with van der Waals surface area (Å²) in [5, 5.41) is 0. The van der Waals surface area contributed by atoms with E-state index in [2.05, 4.69) is 0 Å². The quantitative estimate of drug-likeness (QED) is 0.571. The van der Waals surface area contributed by atoms with E-state index in [1.165, 1.54) is 40.5 Å². The van der Waals surface area contributed by atoms with Crippen molar-refractivity contribution in [3.63, 3.8) is 0 Å². The average Bonchev–Trinajstić information content (AvgIpc) is 3.57. The average molecular weight is 431 g/mol. The fraction of sp³-hybridized carbons (Fsp3) is 0.364. The molecule has 3 rings (SSSR count). The first-order valence-corrected chi connectivity index (χ1v) is 11.4. The fourth-order valence-electron chi connectivity index (χ4n) is 3.08. The zero-order valence-corrected chi connectivity index (χ0v) is 18.0. The summed E-state index contributed by atoms with van der Waals surface area (Å²) in [6.45, 7) is 2.36. The Hall–Kier alpha value is -2.87. The van der Waals surface area contributed by atoms with E-state index in [4.69, 9.17) is 4.74 Å². The molecule has 0 aromatic heterocycles. The van der Waals surface area contributed by atoms with Gasteiger partial charge in [-0.2, -0.15) is 0 Å². The van der Waals surface area contributed by atoms with Crippen LogP contribution in [-0.4, -0.2) is 51.9 Å². The number of carbonyl (C=O) groups is 2. The maximum absolute atomic E-state index is 12.9. The highest BCUT2D eigenvalue weighted by Crippen LogP contribution is 2.30. The third-order valence-electron chi connectivity index (χ3n) is 4.97. The van der Waals surface area contributed by atoms with Crippen LogP contribution in [0.3, 0.4) is 0 Å². The number of amides is 1. The lowest BCUT2D eigenvalue weighted by molar-refractivity contribution is -0.143.